The molecule has 3 nitrogen and oxygen atoms in total. The third kappa shape index (κ3) is 3.53. The minimum absolute atomic E-state index is 0.897. The first-order valence-electron chi connectivity index (χ1n) is 6.36. The van der Waals surface area contributed by atoms with Crippen LogP contribution in [0.1, 0.15) is 11.1 Å². The molecule has 1 aromatic carbocycles. The average molecular weight is 235 g/mol. The summed E-state index contributed by atoms with van der Waals surface area (Å²) in [7, 11) is 4.30. The van der Waals surface area contributed by atoms with Crippen molar-refractivity contribution in [1.82, 2.24) is 5.32 Å². The summed E-state index contributed by atoms with van der Waals surface area (Å²) >= 11 is 0. The van der Waals surface area contributed by atoms with E-state index in [1.165, 1.54) is 11.1 Å². The standard InChI is InChI=1S/C14H23N2O/c1-15-11-13-3-5-14(6-4-13)12-16(2)7-9-17-10-8-16/h3-6,15H,7-12H2,1-2H3/q+1. The van der Waals surface area contributed by atoms with E-state index in [1.54, 1.807) is 0 Å². The summed E-state index contributed by atoms with van der Waals surface area (Å²) in [4.78, 5) is 0. The Bertz CT molecular complexity index is 342. The zero-order chi connectivity index (χ0) is 12.1. The van der Waals surface area contributed by atoms with E-state index in [-0.39, 0.29) is 0 Å². The van der Waals surface area contributed by atoms with Gasteiger partial charge in [-0.1, -0.05) is 24.3 Å². The fraction of sp³-hybridized carbons (Fsp3) is 0.571. The zero-order valence-electron chi connectivity index (χ0n) is 10.9. The van der Waals surface area contributed by atoms with Crippen LogP contribution in [0.2, 0.25) is 0 Å². The molecule has 0 atom stereocenters. The minimum atomic E-state index is 0.897. The summed E-state index contributed by atoms with van der Waals surface area (Å²) < 4.78 is 6.53. The number of rotatable bonds is 4. The highest BCUT2D eigenvalue weighted by atomic mass is 16.5. The van der Waals surface area contributed by atoms with Gasteiger partial charge >= 0.3 is 0 Å². The molecule has 94 valence electrons. The van der Waals surface area contributed by atoms with Gasteiger partial charge in [-0.05, 0) is 12.6 Å². The van der Waals surface area contributed by atoms with Crippen molar-refractivity contribution >= 4 is 0 Å². The second kappa shape index (κ2) is 5.63. The molecule has 1 fully saturated rings. The van der Waals surface area contributed by atoms with E-state index >= 15 is 0 Å². The van der Waals surface area contributed by atoms with E-state index < -0.39 is 0 Å². The Morgan fingerprint density at radius 2 is 1.71 bits per heavy atom. The van der Waals surface area contributed by atoms with Gasteiger partial charge in [-0.15, -0.1) is 0 Å². The summed E-state index contributed by atoms with van der Waals surface area (Å²) in [5.74, 6) is 0. The molecule has 0 aromatic heterocycles. The maximum atomic E-state index is 5.43. The van der Waals surface area contributed by atoms with Gasteiger partial charge in [0.05, 0.1) is 20.3 Å². The topological polar surface area (TPSA) is 21.3 Å². The van der Waals surface area contributed by atoms with Crippen LogP contribution in [0.5, 0.6) is 0 Å². The maximum absolute atomic E-state index is 5.43. The van der Waals surface area contributed by atoms with Gasteiger partial charge < -0.3 is 14.5 Å². The first-order chi connectivity index (χ1) is 8.22. The number of nitrogens with one attached hydrogen (secondary N) is 1. The van der Waals surface area contributed by atoms with Gasteiger partial charge in [-0.3, -0.25) is 0 Å². The van der Waals surface area contributed by atoms with Crippen LogP contribution in [0.15, 0.2) is 24.3 Å². The van der Waals surface area contributed by atoms with Crippen LogP contribution in [0.25, 0.3) is 0 Å². The molecule has 0 amide bonds. The molecular formula is C14H23N2O+. The molecule has 0 aliphatic carbocycles. The second-order valence-corrected chi connectivity index (χ2v) is 5.18. The predicted molar refractivity (Wildman–Crippen MR) is 69.6 cm³/mol. The van der Waals surface area contributed by atoms with Gasteiger partial charge in [0.2, 0.25) is 0 Å². The molecule has 0 unspecified atom stereocenters. The van der Waals surface area contributed by atoms with E-state index in [9.17, 15) is 0 Å². The SMILES string of the molecule is CNCc1ccc(C[N+]2(C)CCOCC2)cc1. The van der Waals surface area contributed by atoms with Gasteiger partial charge in [0.25, 0.3) is 0 Å². The first-order valence-corrected chi connectivity index (χ1v) is 6.36. The maximum Gasteiger partial charge on any atom is 0.104 e. The van der Waals surface area contributed by atoms with E-state index in [1.807, 2.05) is 7.05 Å². The fourth-order valence-corrected chi connectivity index (χ4v) is 2.35. The Labute approximate surface area is 104 Å². The molecule has 1 aromatic rings. The van der Waals surface area contributed by atoms with Crippen molar-refractivity contribution in [3.05, 3.63) is 35.4 Å². The number of ether oxygens (including phenoxy) is 1. The quantitative estimate of drug-likeness (QED) is 0.796. The Morgan fingerprint density at radius 3 is 2.29 bits per heavy atom. The van der Waals surface area contributed by atoms with Crippen LogP contribution in [-0.4, -0.2) is 44.9 Å². The molecular weight excluding hydrogens is 212 g/mol. The lowest BCUT2D eigenvalue weighted by Crippen LogP contribution is -2.51. The number of morpholine rings is 1. The summed E-state index contributed by atoms with van der Waals surface area (Å²) in [6.45, 7) is 6.10. The third-order valence-corrected chi connectivity index (χ3v) is 3.52. The van der Waals surface area contributed by atoms with Crippen molar-refractivity contribution < 1.29 is 9.22 Å². The van der Waals surface area contributed by atoms with Crippen molar-refractivity contribution in [3.63, 3.8) is 0 Å². The number of hydrogen-bond acceptors (Lipinski definition) is 2. The molecule has 1 aliphatic rings. The fourth-order valence-electron chi connectivity index (χ4n) is 2.35. The van der Waals surface area contributed by atoms with E-state index in [0.29, 0.717) is 0 Å². The predicted octanol–water partition coefficient (Wildman–Crippen LogP) is 1.38. The van der Waals surface area contributed by atoms with Crippen LogP contribution in [0.4, 0.5) is 0 Å². The van der Waals surface area contributed by atoms with Crippen molar-refractivity contribution in [1.29, 1.82) is 0 Å². The smallest absolute Gasteiger partial charge is 0.104 e. The molecule has 0 bridgehead atoms. The lowest BCUT2D eigenvalue weighted by atomic mass is 10.1. The van der Waals surface area contributed by atoms with Gasteiger partial charge in [0.15, 0.2) is 0 Å². The summed E-state index contributed by atoms with van der Waals surface area (Å²) in [6.07, 6.45) is 0. The number of nitrogens with zero attached hydrogens (tertiary/aromatic N) is 1. The number of likely N-dealkylation sites (N-methyl/N-ethyl adjacent to an activating group) is 1. The minimum Gasteiger partial charge on any atom is -0.370 e. The lowest BCUT2D eigenvalue weighted by molar-refractivity contribution is -0.929. The van der Waals surface area contributed by atoms with Gasteiger partial charge in [-0.25, -0.2) is 0 Å². The Kier molecular flexibility index (Phi) is 4.15. The number of hydrogen-bond donors (Lipinski definition) is 1. The molecule has 1 heterocycles. The summed E-state index contributed by atoms with van der Waals surface area (Å²) in [5.41, 5.74) is 2.77. The van der Waals surface area contributed by atoms with Gasteiger partial charge in [0, 0.05) is 12.1 Å². The lowest BCUT2D eigenvalue weighted by Gasteiger charge is -2.37. The molecule has 1 aliphatic heterocycles. The summed E-state index contributed by atoms with van der Waals surface area (Å²) in [5, 5.41) is 3.17. The van der Waals surface area contributed by atoms with Crippen molar-refractivity contribution in [3.8, 4) is 0 Å². The Morgan fingerprint density at radius 1 is 1.12 bits per heavy atom. The average Bonchev–Trinajstić information content (AvgIpc) is 2.33. The molecule has 3 heteroatoms. The molecule has 1 N–H and O–H groups in total. The monoisotopic (exact) mass is 235 g/mol. The number of quaternary nitrogens is 1. The number of benzene rings is 1. The first kappa shape index (κ1) is 12.6. The third-order valence-electron chi connectivity index (χ3n) is 3.52. The van der Waals surface area contributed by atoms with Crippen LogP contribution in [0, 0.1) is 0 Å². The van der Waals surface area contributed by atoms with Crippen LogP contribution >= 0.6 is 0 Å². The van der Waals surface area contributed by atoms with Crippen LogP contribution in [-0.2, 0) is 17.8 Å². The highest BCUT2D eigenvalue weighted by Crippen LogP contribution is 2.15. The molecule has 0 saturated carbocycles. The van der Waals surface area contributed by atoms with E-state index in [0.717, 1.165) is 43.9 Å². The van der Waals surface area contributed by atoms with Crippen LogP contribution < -0.4 is 5.32 Å². The molecule has 17 heavy (non-hydrogen) atoms. The van der Waals surface area contributed by atoms with Gasteiger partial charge in [-0.2, -0.15) is 0 Å². The highest BCUT2D eigenvalue weighted by Gasteiger charge is 2.25. The van der Waals surface area contributed by atoms with Gasteiger partial charge in [0.1, 0.15) is 19.6 Å². The van der Waals surface area contributed by atoms with E-state index in [4.69, 9.17) is 4.74 Å². The largest absolute Gasteiger partial charge is 0.370 e. The Hall–Kier alpha value is -0.900. The second-order valence-electron chi connectivity index (χ2n) is 5.18. The van der Waals surface area contributed by atoms with E-state index in [2.05, 4.69) is 36.6 Å². The molecule has 0 spiro atoms. The molecule has 2 rings (SSSR count). The molecule has 1 saturated heterocycles. The highest BCUT2D eigenvalue weighted by molar-refractivity contribution is 5.21. The normalized spacial score (nSPS) is 19.2. The van der Waals surface area contributed by atoms with Crippen molar-refractivity contribution in [2.24, 2.45) is 0 Å². The zero-order valence-corrected chi connectivity index (χ0v) is 10.9. The van der Waals surface area contributed by atoms with Crippen LogP contribution in [0.3, 0.4) is 0 Å². The summed E-state index contributed by atoms with van der Waals surface area (Å²) in [6, 6.07) is 8.95. The van der Waals surface area contributed by atoms with Crippen molar-refractivity contribution in [2.75, 3.05) is 40.4 Å². The molecule has 0 radical (unpaired) electrons. The van der Waals surface area contributed by atoms with Crippen molar-refractivity contribution in [2.45, 2.75) is 13.1 Å². The Balaban J connectivity index is 1.97.